The van der Waals surface area contributed by atoms with E-state index in [9.17, 15) is 4.79 Å². The van der Waals surface area contributed by atoms with Crippen LogP contribution in [0.4, 0.5) is 5.69 Å². The summed E-state index contributed by atoms with van der Waals surface area (Å²) >= 11 is 1.40. The van der Waals surface area contributed by atoms with Gasteiger partial charge in [0.15, 0.2) is 11.5 Å². The molecule has 1 aliphatic rings. The van der Waals surface area contributed by atoms with Crippen molar-refractivity contribution in [2.75, 3.05) is 52.5 Å². The first-order valence-electron chi connectivity index (χ1n) is 10.9. The molecule has 4 rings (SSSR count). The van der Waals surface area contributed by atoms with Gasteiger partial charge >= 0.3 is 0 Å². The number of aromatic nitrogens is 1. The topological polar surface area (TPSA) is 64.1 Å². The molecule has 1 aliphatic heterocycles. The van der Waals surface area contributed by atoms with Gasteiger partial charge in [-0.3, -0.25) is 4.79 Å². The van der Waals surface area contributed by atoms with Gasteiger partial charge in [-0.25, -0.2) is 4.98 Å². The Kier molecular flexibility index (Phi) is 7.15. The summed E-state index contributed by atoms with van der Waals surface area (Å²) in [7, 11) is 5.04. The highest BCUT2D eigenvalue weighted by molar-refractivity contribution is 7.17. The molecule has 1 aromatic heterocycles. The van der Waals surface area contributed by atoms with Gasteiger partial charge in [0, 0.05) is 37.9 Å². The molecule has 7 nitrogen and oxygen atoms in total. The molecular formula is C25H29N3O4S. The van der Waals surface area contributed by atoms with Crippen LogP contribution in [0.5, 0.6) is 11.5 Å². The summed E-state index contributed by atoms with van der Waals surface area (Å²) in [5, 5.41) is 0.778. The van der Waals surface area contributed by atoms with Crippen LogP contribution in [0, 0.1) is 6.92 Å². The Labute approximate surface area is 198 Å². The normalized spacial score (nSPS) is 13.6. The molecule has 0 spiro atoms. The lowest BCUT2D eigenvalue weighted by Gasteiger charge is -2.29. The van der Waals surface area contributed by atoms with E-state index in [0.717, 1.165) is 48.1 Å². The predicted molar refractivity (Wildman–Crippen MR) is 131 cm³/mol. The fraction of sp³-hybridized carbons (Fsp3) is 0.360. The Bertz CT molecular complexity index is 1110. The molecule has 2 heterocycles. The SMILES string of the molecule is COc1ccc(-c2nc(C)c(C(=O)N(C)Cc3ccc(N4CCOCC4)cc3)s2)cc1OC. The van der Waals surface area contributed by atoms with Crippen molar-refractivity contribution in [3.8, 4) is 22.1 Å². The predicted octanol–water partition coefficient (Wildman–Crippen LogP) is 4.24. The molecule has 1 amide bonds. The van der Waals surface area contributed by atoms with Crippen LogP contribution in [-0.2, 0) is 11.3 Å². The molecule has 33 heavy (non-hydrogen) atoms. The van der Waals surface area contributed by atoms with Gasteiger partial charge in [0.1, 0.15) is 9.88 Å². The van der Waals surface area contributed by atoms with Crippen LogP contribution in [0.2, 0.25) is 0 Å². The molecule has 2 aromatic carbocycles. The van der Waals surface area contributed by atoms with Crippen molar-refractivity contribution < 1.29 is 19.0 Å². The van der Waals surface area contributed by atoms with E-state index in [4.69, 9.17) is 14.2 Å². The van der Waals surface area contributed by atoms with E-state index in [2.05, 4.69) is 34.1 Å². The van der Waals surface area contributed by atoms with E-state index >= 15 is 0 Å². The van der Waals surface area contributed by atoms with Crippen LogP contribution in [0.1, 0.15) is 20.9 Å². The second-order valence-corrected chi connectivity index (χ2v) is 8.93. The Morgan fingerprint density at radius 1 is 1.09 bits per heavy atom. The number of amides is 1. The first-order valence-corrected chi connectivity index (χ1v) is 11.7. The first-order chi connectivity index (χ1) is 16.0. The van der Waals surface area contributed by atoms with Gasteiger partial charge in [-0.2, -0.15) is 0 Å². The number of carbonyl (C=O) groups excluding carboxylic acids is 1. The Balaban J connectivity index is 1.46. The van der Waals surface area contributed by atoms with Crippen LogP contribution in [0.3, 0.4) is 0 Å². The molecule has 0 saturated carbocycles. The van der Waals surface area contributed by atoms with Gasteiger partial charge in [-0.1, -0.05) is 12.1 Å². The fourth-order valence-corrected chi connectivity index (χ4v) is 4.90. The summed E-state index contributed by atoms with van der Waals surface area (Å²) in [6.07, 6.45) is 0. The molecule has 0 bridgehead atoms. The lowest BCUT2D eigenvalue weighted by molar-refractivity contribution is 0.0789. The molecule has 0 radical (unpaired) electrons. The smallest absolute Gasteiger partial charge is 0.265 e. The van der Waals surface area contributed by atoms with Crippen molar-refractivity contribution in [3.63, 3.8) is 0 Å². The Morgan fingerprint density at radius 2 is 1.79 bits per heavy atom. The zero-order valence-corrected chi connectivity index (χ0v) is 20.3. The summed E-state index contributed by atoms with van der Waals surface area (Å²) in [5.41, 5.74) is 3.89. The van der Waals surface area contributed by atoms with Crippen molar-refractivity contribution in [1.29, 1.82) is 0 Å². The number of hydrogen-bond acceptors (Lipinski definition) is 7. The number of hydrogen-bond donors (Lipinski definition) is 0. The van der Waals surface area contributed by atoms with Crippen molar-refractivity contribution in [3.05, 3.63) is 58.6 Å². The maximum absolute atomic E-state index is 13.2. The molecule has 0 atom stereocenters. The van der Waals surface area contributed by atoms with Crippen LogP contribution < -0.4 is 14.4 Å². The van der Waals surface area contributed by atoms with E-state index in [1.54, 1.807) is 19.1 Å². The summed E-state index contributed by atoms with van der Waals surface area (Å²) in [6, 6.07) is 14.1. The number of ether oxygens (including phenoxy) is 3. The molecule has 0 unspecified atom stereocenters. The van der Waals surface area contributed by atoms with E-state index in [1.807, 2.05) is 32.2 Å². The molecule has 0 N–H and O–H groups in total. The van der Waals surface area contributed by atoms with Gasteiger partial charge in [0.25, 0.3) is 5.91 Å². The summed E-state index contributed by atoms with van der Waals surface area (Å²) in [4.78, 5) is 22.5. The monoisotopic (exact) mass is 467 g/mol. The molecule has 174 valence electrons. The number of nitrogens with zero attached hydrogens (tertiary/aromatic N) is 3. The van der Waals surface area contributed by atoms with E-state index < -0.39 is 0 Å². The van der Waals surface area contributed by atoms with Crippen molar-refractivity contribution in [2.24, 2.45) is 0 Å². The Morgan fingerprint density at radius 3 is 2.45 bits per heavy atom. The average Bonchev–Trinajstić information content (AvgIpc) is 3.25. The number of morpholine rings is 1. The van der Waals surface area contributed by atoms with Gasteiger partial charge in [0.2, 0.25) is 0 Å². The average molecular weight is 468 g/mol. The summed E-state index contributed by atoms with van der Waals surface area (Å²) in [6.45, 7) is 5.75. The number of carbonyl (C=O) groups is 1. The molecule has 3 aromatic rings. The second-order valence-electron chi connectivity index (χ2n) is 7.93. The van der Waals surface area contributed by atoms with E-state index in [0.29, 0.717) is 22.9 Å². The zero-order valence-electron chi connectivity index (χ0n) is 19.5. The van der Waals surface area contributed by atoms with Crippen LogP contribution in [-0.4, -0.2) is 63.4 Å². The largest absolute Gasteiger partial charge is 0.493 e. The van der Waals surface area contributed by atoms with Crippen LogP contribution in [0.25, 0.3) is 10.6 Å². The fourth-order valence-electron chi connectivity index (χ4n) is 3.84. The third-order valence-corrected chi connectivity index (χ3v) is 6.89. The molecule has 0 aliphatic carbocycles. The molecule has 1 saturated heterocycles. The lowest BCUT2D eigenvalue weighted by Crippen LogP contribution is -2.36. The van der Waals surface area contributed by atoms with Crippen molar-refractivity contribution >= 4 is 22.9 Å². The highest BCUT2D eigenvalue weighted by Crippen LogP contribution is 2.35. The van der Waals surface area contributed by atoms with Crippen LogP contribution >= 0.6 is 11.3 Å². The minimum Gasteiger partial charge on any atom is -0.493 e. The lowest BCUT2D eigenvalue weighted by atomic mass is 10.1. The number of aryl methyl sites for hydroxylation is 1. The number of methoxy groups -OCH3 is 2. The minimum absolute atomic E-state index is 0.0333. The van der Waals surface area contributed by atoms with Crippen molar-refractivity contribution in [2.45, 2.75) is 13.5 Å². The van der Waals surface area contributed by atoms with Crippen LogP contribution in [0.15, 0.2) is 42.5 Å². The maximum Gasteiger partial charge on any atom is 0.265 e. The minimum atomic E-state index is -0.0333. The van der Waals surface area contributed by atoms with Gasteiger partial charge < -0.3 is 24.0 Å². The maximum atomic E-state index is 13.2. The van der Waals surface area contributed by atoms with E-state index in [1.165, 1.54) is 17.0 Å². The standard InChI is InChI=1S/C25H29N3O4S/c1-17-23(33-24(26-17)19-7-10-21(30-3)22(15-19)31-4)25(29)27(2)16-18-5-8-20(9-6-18)28-11-13-32-14-12-28/h5-10,15H,11-14,16H2,1-4H3. The number of benzene rings is 2. The number of rotatable bonds is 7. The third kappa shape index (κ3) is 5.12. The zero-order chi connectivity index (χ0) is 23.4. The third-order valence-electron chi connectivity index (χ3n) is 5.70. The molecular weight excluding hydrogens is 438 g/mol. The van der Waals surface area contributed by atoms with Gasteiger partial charge in [-0.05, 0) is 42.8 Å². The van der Waals surface area contributed by atoms with Crippen molar-refractivity contribution in [1.82, 2.24) is 9.88 Å². The number of thiazole rings is 1. The second kappa shape index (κ2) is 10.2. The summed E-state index contributed by atoms with van der Waals surface area (Å²) < 4.78 is 16.1. The summed E-state index contributed by atoms with van der Waals surface area (Å²) in [5.74, 6) is 1.26. The molecule has 8 heteroatoms. The van der Waals surface area contributed by atoms with E-state index in [-0.39, 0.29) is 5.91 Å². The molecule has 1 fully saturated rings. The van der Waals surface area contributed by atoms with Gasteiger partial charge in [-0.15, -0.1) is 11.3 Å². The van der Waals surface area contributed by atoms with Gasteiger partial charge in [0.05, 0.1) is 33.1 Å². The first kappa shape index (κ1) is 23.1. The highest BCUT2D eigenvalue weighted by Gasteiger charge is 2.21. The Hall–Kier alpha value is -3.10. The quantitative estimate of drug-likeness (QED) is 0.518. The highest BCUT2D eigenvalue weighted by atomic mass is 32.1. The number of anilines is 1.